The fourth-order valence-electron chi connectivity index (χ4n) is 2.34. The van der Waals surface area contributed by atoms with E-state index in [0.717, 1.165) is 24.8 Å². The molecule has 0 spiro atoms. The molecule has 1 heterocycles. The first-order valence-corrected chi connectivity index (χ1v) is 6.78. The molecule has 1 saturated heterocycles. The molecule has 1 aliphatic heterocycles. The van der Waals surface area contributed by atoms with Gasteiger partial charge < -0.3 is 5.11 Å². The summed E-state index contributed by atoms with van der Waals surface area (Å²) in [5.74, 6) is -0.219. The van der Waals surface area contributed by atoms with Crippen molar-refractivity contribution in [1.82, 2.24) is 0 Å². The van der Waals surface area contributed by atoms with E-state index in [-0.39, 0.29) is 18.4 Å². The van der Waals surface area contributed by atoms with E-state index in [2.05, 4.69) is 0 Å². The molecule has 19 heavy (non-hydrogen) atoms. The number of aliphatic hydroxyl groups excluding tert-OH is 1. The van der Waals surface area contributed by atoms with Crippen molar-refractivity contribution in [2.24, 2.45) is 0 Å². The summed E-state index contributed by atoms with van der Waals surface area (Å²) in [5.41, 5.74) is 1.70. The molecule has 1 aliphatic rings. The number of benzene rings is 1. The first-order valence-electron chi connectivity index (χ1n) is 6.78. The summed E-state index contributed by atoms with van der Waals surface area (Å²) in [6, 6.07) is 7.47. The van der Waals surface area contributed by atoms with Gasteiger partial charge in [-0.3, -0.25) is 14.5 Å². The van der Waals surface area contributed by atoms with E-state index >= 15 is 0 Å². The Hall–Kier alpha value is -1.68. The molecule has 0 atom stereocenters. The van der Waals surface area contributed by atoms with Crippen LogP contribution in [0.4, 0.5) is 5.69 Å². The van der Waals surface area contributed by atoms with Crippen molar-refractivity contribution in [1.29, 1.82) is 0 Å². The van der Waals surface area contributed by atoms with E-state index in [4.69, 9.17) is 5.11 Å². The molecule has 1 fully saturated rings. The van der Waals surface area contributed by atoms with Crippen LogP contribution in [0.25, 0.3) is 0 Å². The highest BCUT2D eigenvalue weighted by atomic mass is 16.3. The smallest absolute Gasteiger partial charge is 0.233 e. The van der Waals surface area contributed by atoms with Crippen LogP contribution in [0, 0.1) is 0 Å². The van der Waals surface area contributed by atoms with Crippen molar-refractivity contribution in [2.75, 3.05) is 11.5 Å². The Kier molecular flexibility index (Phi) is 4.68. The fraction of sp³-hybridized carbons (Fsp3) is 0.467. The average molecular weight is 261 g/mol. The van der Waals surface area contributed by atoms with Gasteiger partial charge in [0, 0.05) is 19.4 Å². The summed E-state index contributed by atoms with van der Waals surface area (Å²) < 4.78 is 0. The summed E-state index contributed by atoms with van der Waals surface area (Å²) in [6.45, 7) is 0.145. The first-order chi connectivity index (χ1) is 9.22. The van der Waals surface area contributed by atoms with Gasteiger partial charge in [-0.15, -0.1) is 0 Å². The Morgan fingerprint density at radius 2 is 1.79 bits per heavy atom. The minimum Gasteiger partial charge on any atom is -0.396 e. The largest absolute Gasteiger partial charge is 0.396 e. The maximum atomic E-state index is 12.0. The minimum absolute atomic E-state index is 0.109. The van der Waals surface area contributed by atoms with E-state index in [9.17, 15) is 9.59 Å². The third-order valence-corrected chi connectivity index (χ3v) is 3.32. The second-order valence-corrected chi connectivity index (χ2v) is 4.83. The minimum atomic E-state index is -0.109. The second kappa shape index (κ2) is 6.48. The Labute approximate surface area is 113 Å². The molecule has 0 radical (unpaired) electrons. The monoisotopic (exact) mass is 261 g/mol. The van der Waals surface area contributed by atoms with Gasteiger partial charge in [0.1, 0.15) is 0 Å². The number of carbonyl (C=O) groups excluding carboxylic acids is 2. The van der Waals surface area contributed by atoms with E-state index in [0.29, 0.717) is 24.9 Å². The zero-order valence-corrected chi connectivity index (χ0v) is 11.0. The Morgan fingerprint density at radius 1 is 1.11 bits per heavy atom. The Morgan fingerprint density at radius 3 is 2.42 bits per heavy atom. The van der Waals surface area contributed by atoms with Crippen LogP contribution in [0.3, 0.4) is 0 Å². The summed E-state index contributed by atoms with van der Waals surface area (Å²) in [4.78, 5) is 25.3. The van der Waals surface area contributed by atoms with Gasteiger partial charge in [-0.05, 0) is 43.4 Å². The predicted molar refractivity (Wildman–Crippen MR) is 72.8 cm³/mol. The fourth-order valence-corrected chi connectivity index (χ4v) is 2.34. The number of hydrogen-bond acceptors (Lipinski definition) is 3. The lowest BCUT2D eigenvalue weighted by Gasteiger charge is -2.19. The molecule has 0 aliphatic carbocycles. The molecular weight excluding hydrogens is 242 g/mol. The van der Waals surface area contributed by atoms with Crippen molar-refractivity contribution in [2.45, 2.75) is 38.5 Å². The van der Waals surface area contributed by atoms with Gasteiger partial charge >= 0.3 is 0 Å². The highest BCUT2D eigenvalue weighted by molar-refractivity contribution is 6.15. The Balaban J connectivity index is 2.23. The number of anilines is 1. The zero-order chi connectivity index (χ0) is 13.7. The van der Waals surface area contributed by atoms with Crippen molar-refractivity contribution in [3.8, 4) is 0 Å². The molecule has 0 bridgehead atoms. The van der Waals surface area contributed by atoms with Gasteiger partial charge in [0.25, 0.3) is 0 Å². The molecular formula is C15H19NO3. The molecule has 1 aromatic rings. The first kappa shape index (κ1) is 13.7. The van der Waals surface area contributed by atoms with Crippen molar-refractivity contribution in [3.05, 3.63) is 29.8 Å². The molecule has 1 N–H and O–H groups in total. The lowest BCUT2D eigenvalue weighted by atomic mass is 10.1. The number of carbonyl (C=O) groups is 2. The molecule has 4 nitrogen and oxygen atoms in total. The number of rotatable bonds is 4. The molecule has 102 valence electrons. The normalized spacial score (nSPS) is 16.6. The topological polar surface area (TPSA) is 57.6 Å². The lowest BCUT2D eigenvalue weighted by molar-refractivity contribution is -0.125. The highest BCUT2D eigenvalue weighted by Gasteiger charge is 2.25. The molecule has 4 heteroatoms. The highest BCUT2D eigenvalue weighted by Crippen LogP contribution is 2.23. The van der Waals surface area contributed by atoms with Gasteiger partial charge in [0.05, 0.1) is 5.69 Å². The number of imide groups is 1. The quantitative estimate of drug-likeness (QED) is 0.844. The molecule has 0 aromatic heterocycles. The molecule has 2 amide bonds. The van der Waals surface area contributed by atoms with Gasteiger partial charge in [-0.25, -0.2) is 0 Å². The van der Waals surface area contributed by atoms with E-state index in [1.807, 2.05) is 18.2 Å². The zero-order valence-electron chi connectivity index (χ0n) is 11.0. The predicted octanol–water partition coefficient (Wildman–Crippen LogP) is 2.05. The third-order valence-electron chi connectivity index (χ3n) is 3.32. The van der Waals surface area contributed by atoms with Crippen LogP contribution in [-0.2, 0) is 16.0 Å². The average Bonchev–Trinajstić information content (AvgIpc) is 2.58. The maximum Gasteiger partial charge on any atom is 0.233 e. The summed E-state index contributed by atoms with van der Waals surface area (Å²) in [5, 5.41) is 8.85. The van der Waals surface area contributed by atoms with E-state index in [1.54, 1.807) is 6.07 Å². The van der Waals surface area contributed by atoms with Gasteiger partial charge in [0.2, 0.25) is 11.8 Å². The van der Waals surface area contributed by atoms with Crippen LogP contribution in [0.15, 0.2) is 24.3 Å². The molecule has 1 aromatic carbocycles. The van der Waals surface area contributed by atoms with Crippen LogP contribution in [-0.4, -0.2) is 23.5 Å². The number of hydrogen-bond donors (Lipinski definition) is 1. The standard InChI is InChI=1S/C15H19NO3/c17-10-4-6-12-5-3-7-13(11-12)16-14(18)8-1-2-9-15(16)19/h3,5,7,11,17H,1-2,4,6,8-10H2. The third kappa shape index (κ3) is 3.41. The lowest BCUT2D eigenvalue weighted by Crippen LogP contribution is -2.35. The van der Waals surface area contributed by atoms with Crippen LogP contribution < -0.4 is 4.90 Å². The molecule has 0 unspecified atom stereocenters. The summed E-state index contributed by atoms with van der Waals surface area (Å²) in [7, 11) is 0. The van der Waals surface area contributed by atoms with Crippen LogP contribution >= 0.6 is 0 Å². The van der Waals surface area contributed by atoms with Crippen LogP contribution in [0.1, 0.15) is 37.7 Å². The number of aryl methyl sites for hydroxylation is 1. The van der Waals surface area contributed by atoms with Crippen LogP contribution in [0.5, 0.6) is 0 Å². The van der Waals surface area contributed by atoms with Crippen molar-refractivity contribution < 1.29 is 14.7 Å². The van der Waals surface area contributed by atoms with Crippen molar-refractivity contribution in [3.63, 3.8) is 0 Å². The molecule has 2 rings (SSSR count). The summed E-state index contributed by atoms with van der Waals surface area (Å²) >= 11 is 0. The van der Waals surface area contributed by atoms with Gasteiger partial charge in [0.15, 0.2) is 0 Å². The SMILES string of the molecule is O=C1CCCCC(=O)N1c1cccc(CCCO)c1. The molecule has 0 saturated carbocycles. The van der Waals surface area contributed by atoms with E-state index in [1.165, 1.54) is 4.90 Å². The van der Waals surface area contributed by atoms with Gasteiger partial charge in [-0.2, -0.15) is 0 Å². The van der Waals surface area contributed by atoms with Crippen molar-refractivity contribution >= 4 is 17.5 Å². The number of nitrogens with zero attached hydrogens (tertiary/aromatic N) is 1. The van der Waals surface area contributed by atoms with Gasteiger partial charge in [-0.1, -0.05) is 12.1 Å². The maximum absolute atomic E-state index is 12.0. The Bertz CT molecular complexity index is 452. The number of aliphatic hydroxyl groups is 1. The number of amides is 2. The second-order valence-electron chi connectivity index (χ2n) is 4.83. The summed E-state index contributed by atoms with van der Waals surface area (Å²) in [6.07, 6.45) is 3.88. The van der Waals surface area contributed by atoms with E-state index < -0.39 is 0 Å². The van der Waals surface area contributed by atoms with Crippen LogP contribution in [0.2, 0.25) is 0 Å².